The minimum absolute atomic E-state index is 0.139. The van der Waals surface area contributed by atoms with E-state index in [2.05, 4.69) is 21.2 Å². The first kappa shape index (κ1) is 20.7. The SMILES string of the molecule is CCOc1cc(CNCCCOC)cc(Br)c1OCc1ccccc1F. The van der Waals surface area contributed by atoms with Gasteiger partial charge in [-0.15, -0.1) is 0 Å². The van der Waals surface area contributed by atoms with Gasteiger partial charge in [-0.1, -0.05) is 18.2 Å². The van der Waals surface area contributed by atoms with E-state index in [4.69, 9.17) is 14.2 Å². The normalized spacial score (nSPS) is 10.8. The Morgan fingerprint density at radius 2 is 1.96 bits per heavy atom. The Labute approximate surface area is 162 Å². The molecule has 0 heterocycles. The van der Waals surface area contributed by atoms with Crippen LogP contribution in [0.1, 0.15) is 24.5 Å². The highest BCUT2D eigenvalue weighted by Crippen LogP contribution is 2.37. The van der Waals surface area contributed by atoms with Gasteiger partial charge in [0, 0.05) is 25.8 Å². The Balaban J connectivity index is 2.06. The van der Waals surface area contributed by atoms with Crippen LogP contribution in [-0.4, -0.2) is 26.9 Å². The van der Waals surface area contributed by atoms with Crippen LogP contribution in [0.3, 0.4) is 0 Å². The number of methoxy groups -OCH3 is 1. The molecule has 0 amide bonds. The van der Waals surface area contributed by atoms with Crippen LogP contribution < -0.4 is 14.8 Å². The quantitative estimate of drug-likeness (QED) is 0.530. The first-order chi connectivity index (χ1) is 12.7. The van der Waals surface area contributed by atoms with Crippen LogP contribution in [0.25, 0.3) is 0 Å². The molecule has 0 aromatic heterocycles. The summed E-state index contributed by atoms with van der Waals surface area (Å²) in [5.74, 6) is 0.948. The average molecular weight is 426 g/mol. The Morgan fingerprint density at radius 3 is 2.69 bits per heavy atom. The van der Waals surface area contributed by atoms with Gasteiger partial charge >= 0.3 is 0 Å². The topological polar surface area (TPSA) is 39.7 Å². The summed E-state index contributed by atoms with van der Waals surface area (Å²) in [5.41, 5.74) is 1.58. The number of hydrogen-bond donors (Lipinski definition) is 1. The van der Waals surface area contributed by atoms with Crippen molar-refractivity contribution in [3.05, 3.63) is 57.8 Å². The van der Waals surface area contributed by atoms with Crippen LogP contribution in [0.4, 0.5) is 4.39 Å². The number of rotatable bonds is 11. The summed E-state index contributed by atoms with van der Waals surface area (Å²) in [4.78, 5) is 0. The third kappa shape index (κ3) is 6.27. The van der Waals surface area contributed by atoms with E-state index in [-0.39, 0.29) is 12.4 Å². The molecule has 0 atom stereocenters. The maximum Gasteiger partial charge on any atom is 0.175 e. The molecule has 0 radical (unpaired) electrons. The highest BCUT2D eigenvalue weighted by atomic mass is 79.9. The maximum atomic E-state index is 13.8. The van der Waals surface area contributed by atoms with Gasteiger partial charge < -0.3 is 19.5 Å². The minimum Gasteiger partial charge on any atom is -0.490 e. The van der Waals surface area contributed by atoms with E-state index in [0.29, 0.717) is 23.7 Å². The lowest BCUT2D eigenvalue weighted by molar-refractivity contribution is 0.194. The molecular weight excluding hydrogens is 401 g/mol. The number of benzene rings is 2. The lowest BCUT2D eigenvalue weighted by Gasteiger charge is -2.16. The summed E-state index contributed by atoms with van der Waals surface area (Å²) in [6.07, 6.45) is 0.958. The van der Waals surface area contributed by atoms with E-state index < -0.39 is 0 Å². The zero-order valence-corrected chi connectivity index (χ0v) is 16.8. The van der Waals surface area contributed by atoms with E-state index in [9.17, 15) is 4.39 Å². The predicted octanol–water partition coefficient (Wildman–Crippen LogP) is 4.69. The van der Waals surface area contributed by atoms with Gasteiger partial charge in [-0.3, -0.25) is 0 Å². The Kier molecular flexibility index (Phi) is 8.88. The second kappa shape index (κ2) is 11.2. The molecule has 1 N–H and O–H groups in total. The van der Waals surface area contributed by atoms with Crippen molar-refractivity contribution in [1.82, 2.24) is 5.32 Å². The summed E-state index contributed by atoms with van der Waals surface area (Å²) in [6, 6.07) is 10.5. The van der Waals surface area contributed by atoms with E-state index in [1.165, 1.54) is 6.07 Å². The number of hydrogen-bond acceptors (Lipinski definition) is 4. The van der Waals surface area contributed by atoms with E-state index in [1.807, 2.05) is 19.1 Å². The first-order valence-electron chi connectivity index (χ1n) is 8.66. The van der Waals surface area contributed by atoms with Gasteiger partial charge in [0.15, 0.2) is 11.5 Å². The van der Waals surface area contributed by atoms with Crippen LogP contribution in [0.5, 0.6) is 11.5 Å². The fraction of sp³-hybridized carbons (Fsp3) is 0.400. The summed E-state index contributed by atoms with van der Waals surface area (Å²) in [7, 11) is 1.70. The van der Waals surface area contributed by atoms with Crippen molar-refractivity contribution in [2.24, 2.45) is 0 Å². The molecule has 26 heavy (non-hydrogen) atoms. The minimum atomic E-state index is -0.279. The molecule has 0 spiro atoms. The lowest BCUT2D eigenvalue weighted by Crippen LogP contribution is -2.16. The molecule has 0 saturated carbocycles. The molecule has 6 heteroatoms. The molecule has 2 aromatic rings. The smallest absolute Gasteiger partial charge is 0.175 e. The fourth-order valence-electron chi connectivity index (χ4n) is 2.47. The average Bonchev–Trinajstić information content (AvgIpc) is 2.62. The van der Waals surface area contributed by atoms with Gasteiger partial charge in [0.25, 0.3) is 0 Å². The van der Waals surface area contributed by atoms with Crippen LogP contribution in [0, 0.1) is 5.82 Å². The zero-order valence-electron chi connectivity index (χ0n) is 15.2. The third-order valence-corrected chi connectivity index (χ3v) is 4.32. The van der Waals surface area contributed by atoms with Gasteiger partial charge in [0.2, 0.25) is 0 Å². The maximum absolute atomic E-state index is 13.8. The molecule has 2 rings (SSSR count). The number of nitrogens with one attached hydrogen (secondary N) is 1. The van der Waals surface area contributed by atoms with E-state index in [1.54, 1.807) is 25.3 Å². The van der Waals surface area contributed by atoms with Crippen LogP contribution in [0.2, 0.25) is 0 Å². The highest BCUT2D eigenvalue weighted by Gasteiger charge is 2.13. The summed E-state index contributed by atoms with van der Waals surface area (Å²) >= 11 is 3.55. The second-order valence-electron chi connectivity index (χ2n) is 5.74. The first-order valence-corrected chi connectivity index (χ1v) is 9.46. The molecule has 2 aromatic carbocycles. The monoisotopic (exact) mass is 425 g/mol. The molecule has 0 aliphatic rings. The highest BCUT2D eigenvalue weighted by molar-refractivity contribution is 9.10. The lowest BCUT2D eigenvalue weighted by atomic mass is 10.2. The van der Waals surface area contributed by atoms with Crippen molar-refractivity contribution in [3.63, 3.8) is 0 Å². The standard InChI is InChI=1S/C20H25BrFNO3/c1-3-25-19-12-15(13-23-9-6-10-24-2)11-17(21)20(19)26-14-16-7-4-5-8-18(16)22/h4-5,7-8,11-12,23H,3,6,9-10,13-14H2,1-2H3. The molecule has 4 nitrogen and oxygen atoms in total. The van der Waals surface area contributed by atoms with Crippen molar-refractivity contribution in [2.45, 2.75) is 26.5 Å². The van der Waals surface area contributed by atoms with Crippen LogP contribution in [0.15, 0.2) is 40.9 Å². The summed E-state index contributed by atoms with van der Waals surface area (Å²) in [5, 5.41) is 3.37. The molecule has 0 saturated heterocycles. The zero-order chi connectivity index (χ0) is 18.8. The summed E-state index contributed by atoms with van der Waals surface area (Å²) in [6.45, 7) is 4.91. The third-order valence-electron chi connectivity index (χ3n) is 3.73. The molecule has 0 fully saturated rings. The molecule has 0 aliphatic carbocycles. The van der Waals surface area contributed by atoms with Crippen molar-refractivity contribution >= 4 is 15.9 Å². The fourth-order valence-corrected chi connectivity index (χ4v) is 3.07. The van der Waals surface area contributed by atoms with Crippen molar-refractivity contribution in [3.8, 4) is 11.5 Å². The Hall–Kier alpha value is -1.63. The van der Waals surface area contributed by atoms with Crippen molar-refractivity contribution in [2.75, 3.05) is 26.9 Å². The van der Waals surface area contributed by atoms with Gasteiger partial charge in [0.1, 0.15) is 12.4 Å². The van der Waals surface area contributed by atoms with Gasteiger partial charge in [-0.25, -0.2) is 4.39 Å². The van der Waals surface area contributed by atoms with Crippen molar-refractivity contribution in [1.29, 1.82) is 0 Å². The molecule has 0 aliphatic heterocycles. The number of ether oxygens (including phenoxy) is 3. The van der Waals surface area contributed by atoms with E-state index >= 15 is 0 Å². The Morgan fingerprint density at radius 1 is 1.15 bits per heavy atom. The summed E-state index contributed by atoms with van der Waals surface area (Å²) < 4.78 is 31.2. The molecule has 0 unspecified atom stereocenters. The predicted molar refractivity (Wildman–Crippen MR) is 104 cm³/mol. The van der Waals surface area contributed by atoms with Crippen molar-refractivity contribution < 1.29 is 18.6 Å². The molecular formula is C20H25BrFNO3. The second-order valence-corrected chi connectivity index (χ2v) is 6.60. The largest absolute Gasteiger partial charge is 0.490 e. The van der Waals surface area contributed by atoms with Gasteiger partial charge in [-0.2, -0.15) is 0 Å². The van der Waals surface area contributed by atoms with Crippen LogP contribution in [-0.2, 0) is 17.9 Å². The molecule has 142 valence electrons. The van der Waals surface area contributed by atoms with E-state index in [0.717, 1.165) is 36.2 Å². The van der Waals surface area contributed by atoms with Crippen LogP contribution >= 0.6 is 15.9 Å². The number of halogens is 2. The molecule has 0 bridgehead atoms. The Bertz CT molecular complexity index is 697. The van der Waals surface area contributed by atoms with Gasteiger partial charge in [-0.05, 0) is 59.6 Å². The van der Waals surface area contributed by atoms with Gasteiger partial charge in [0.05, 0.1) is 11.1 Å².